The zero-order valence-corrected chi connectivity index (χ0v) is 13.3. The van der Waals surface area contributed by atoms with Crippen molar-refractivity contribution in [2.75, 3.05) is 26.4 Å². The number of hydrogen-bond donors (Lipinski definition) is 1. The van der Waals surface area contributed by atoms with Gasteiger partial charge >= 0.3 is 5.97 Å². The minimum Gasteiger partial charge on any atom is -0.465 e. The predicted octanol–water partition coefficient (Wildman–Crippen LogP) is 2.51. The maximum absolute atomic E-state index is 12.5. The summed E-state index contributed by atoms with van der Waals surface area (Å²) in [5.74, 6) is 0.198. The lowest BCUT2D eigenvalue weighted by atomic mass is 9.77. The zero-order valence-electron chi connectivity index (χ0n) is 13.3. The molecule has 0 fully saturated rings. The van der Waals surface area contributed by atoms with Gasteiger partial charge in [0.2, 0.25) is 0 Å². The van der Waals surface area contributed by atoms with Crippen molar-refractivity contribution in [3.8, 4) is 0 Å². The summed E-state index contributed by atoms with van der Waals surface area (Å²) < 4.78 is 10.9. The molecule has 0 radical (unpaired) electrons. The molecule has 0 aliphatic rings. The van der Waals surface area contributed by atoms with Crippen molar-refractivity contribution in [1.82, 2.24) is 0 Å². The van der Waals surface area contributed by atoms with Crippen LogP contribution < -0.4 is 5.73 Å². The normalized spacial score (nSPS) is 14.0. The summed E-state index contributed by atoms with van der Waals surface area (Å²) in [5, 5.41) is 0. The highest BCUT2D eigenvalue weighted by atomic mass is 16.5. The Morgan fingerprint density at radius 1 is 1.29 bits per heavy atom. The molecule has 0 amide bonds. The molecular formula is C17H27NO3. The fraction of sp³-hybridized carbons (Fsp3) is 0.588. The van der Waals surface area contributed by atoms with E-state index in [1.165, 1.54) is 0 Å². The Bertz CT molecular complexity index is 419. The van der Waals surface area contributed by atoms with Gasteiger partial charge in [0, 0.05) is 19.8 Å². The second-order valence-corrected chi connectivity index (χ2v) is 5.59. The Balaban J connectivity index is 2.90. The minimum atomic E-state index is -0.825. The van der Waals surface area contributed by atoms with E-state index in [2.05, 4.69) is 13.8 Å². The van der Waals surface area contributed by atoms with Gasteiger partial charge in [-0.15, -0.1) is 0 Å². The number of hydrogen-bond acceptors (Lipinski definition) is 4. The molecule has 0 bridgehead atoms. The van der Waals surface area contributed by atoms with E-state index in [4.69, 9.17) is 15.2 Å². The first kappa shape index (κ1) is 17.7. The molecule has 4 nitrogen and oxygen atoms in total. The number of esters is 1. The van der Waals surface area contributed by atoms with Crippen molar-refractivity contribution in [1.29, 1.82) is 0 Å². The van der Waals surface area contributed by atoms with Crippen molar-refractivity contribution in [3.63, 3.8) is 0 Å². The van der Waals surface area contributed by atoms with Gasteiger partial charge in [-0.1, -0.05) is 44.2 Å². The number of nitrogens with two attached hydrogens (primary N) is 1. The van der Waals surface area contributed by atoms with Gasteiger partial charge in [0.05, 0.1) is 6.61 Å². The van der Waals surface area contributed by atoms with Crippen LogP contribution in [0.3, 0.4) is 0 Å². The number of carbonyl (C=O) groups is 1. The zero-order chi connectivity index (χ0) is 15.7. The highest BCUT2D eigenvalue weighted by Gasteiger charge is 2.40. The van der Waals surface area contributed by atoms with Crippen LogP contribution in [0.4, 0.5) is 0 Å². The summed E-state index contributed by atoms with van der Waals surface area (Å²) in [6.07, 6.45) is 0.527. The van der Waals surface area contributed by atoms with Crippen LogP contribution in [0, 0.1) is 5.92 Å². The fourth-order valence-electron chi connectivity index (χ4n) is 2.26. The fourth-order valence-corrected chi connectivity index (χ4v) is 2.26. The van der Waals surface area contributed by atoms with E-state index in [1.54, 1.807) is 6.92 Å². The Morgan fingerprint density at radius 2 is 1.95 bits per heavy atom. The van der Waals surface area contributed by atoms with Gasteiger partial charge in [-0.05, 0) is 24.8 Å². The lowest BCUT2D eigenvalue weighted by molar-refractivity contribution is -0.150. The van der Waals surface area contributed by atoms with Gasteiger partial charge < -0.3 is 15.2 Å². The van der Waals surface area contributed by atoms with Gasteiger partial charge in [0.1, 0.15) is 5.41 Å². The van der Waals surface area contributed by atoms with Crippen LogP contribution in [-0.4, -0.2) is 32.3 Å². The molecule has 0 aliphatic carbocycles. The third-order valence-electron chi connectivity index (χ3n) is 3.47. The summed E-state index contributed by atoms with van der Waals surface area (Å²) in [7, 11) is 0. The van der Waals surface area contributed by atoms with Crippen molar-refractivity contribution >= 4 is 5.97 Å². The number of benzene rings is 1. The van der Waals surface area contributed by atoms with Crippen LogP contribution in [-0.2, 0) is 19.7 Å². The molecule has 21 heavy (non-hydrogen) atoms. The van der Waals surface area contributed by atoms with Crippen molar-refractivity contribution < 1.29 is 14.3 Å². The monoisotopic (exact) mass is 293 g/mol. The van der Waals surface area contributed by atoms with Crippen molar-refractivity contribution in [2.24, 2.45) is 11.7 Å². The van der Waals surface area contributed by atoms with Gasteiger partial charge in [-0.2, -0.15) is 0 Å². The van der Waals surface area contributed by atoms with E-state index in [0.717, 1.165) is 5.56 Å². The van der Waals surface area contributed by atoms with E-state index < -0.39 is 5.41 Å². The molecule has 1 rings (SSSR count). The molecule has 1 aromatic rings. The van der Waals surface area contributed by atoms with Crippen LogP contribution in [0.25, 0.3) is 0 Å². The second kappa shape index (κ2) is 8.80. The predicted molar refractivity (Wildman–Crippen MR) is 84.1 cm³/mol. The number of carbonyl (C=O) groups excluding carboxylic acids is 1. The number of ether oxygens (including phenoxy) is 2. The van der Waals surface area contributed by atoms with Crippen LogP contribution in [0.1, 0.15) is 32.8 Å². The molecule has 4 heteroatoms. The van der Waals surface area contributed by atoms with E-state index in [0.29, 0.717) is 32.2 Å². The van der Waals surface area contributed by atoms with E-state index in [1.807, 2.05) is 30.3 Å². The van der Waals surface area contributed by atoms with Crippen LogP contribution in [0.15, 0.2) is 30.3 Å². The molecule has 1 atom stereocenters. The molecule has 0 aromatic heterocycles. The highest BCUT2D eigenvalue weighted by Crippen LogP contribution is 2.29. The minimum absolute atomic E-state index is 0.209. The van der Waals surface area contributed by atoms with Crippen LogP contribution in [0.5, 0.6) is 0 Å². The van der Waals surface area contributed by atoms with Gasteiger partial charge in [-0.3, -0.25) is 4.79 Å². The molecule has 0 heterocycles. The van der Waals surface area contributed by atoms with Gasteiger partial charge in [0.25, 0.3) is 0 Å². The Kier molecular flexibility index (Phi) is 7.40. The van der Waals surface area contributed by atoms with Crippen molar-refractivity contribution in [2.45, 2.75) is 32.6 Å². The van der Waals surface area contributed by atoms with Crippen LogP contribution >= 0.6 is 0 Å². The summed E-state index contributed by atoms with van der Waals surface area (Å²) in [6, 6.07) is 9.59. The van der Waals surface area contributed by atoms with E-state index >= 15 is 0 Å². The topological polar surface area (TPSA) is 61.5 Å². The first-order valence-corrected chi connectivity index (χ1v) is 7.57. The molecule has 0 spiro atoms. The molecule has 118 valence electrons. The third kappa shape index (κ3) is 4.83. The standard InChI is InChI=1S/C17H27NO3/c1-4-21-16(19)17(13-18,10-11-20-12-14(2)3)15-8-6-5-7-9-15/h5-9,14H,4,10-13,18H2,1-3H3. The SMILES string of the molecule is CCOC(=O)C(CN)(CCOCC(C)C)c1ccccc1. The largest absolute Gasteiger partial charge is 0.465 e. The average Bonchev–Trinajstić information content (AvgIpc) is 2.48. The molecule has 1 unspecified atom stereocenters. The number of rotatable bonds is 9. The summed E-state index contributed by atoms with van der Waals surface area (Å²) in [6.45, 7) is 7.72. The maximum Gasteiger partial charge on any atom is 0.317 e. The summed E-state index contributed by atoms with van der Waals surface area (Å²) >= 11 is 0. The molecular weight excluding hydrogens is 266 g/mol. The maximum atomic E-state index is 12.5. The molecule has 0 saturated carbocycles. The molecule has 0 saturated heterocycles. The average molecular weight is 293 g/mol. The van der Waals surface area contributed by atoms with E-state index in [-0.39, 0.29) is 12.5 Å². The highest BCUT2D eigenvalue weighted by molar-refractivity contribution is 5.83. The first-order valence-electron chi connectivity index (χ1n) is 7.57. The van der Waals surface area contributed by atoms with E-state index in [9.17, 15) is 4.79 Å². The molecule has 2 N–H and O–H groups in total. The van der Waals surface area contributed by atoms with Crippen LogP contribution in [0.2, 0.25) is 0 Å². The van der Waals surface area contributed by atoms with Crippen molar-refractivity contribution in [3.05, 3.63) is 35.9 Å². The Labute approximate surface area is 127 Å². The van der Waals surface area contributed by atoms with Gasteiger partial charge in [-0.25, -0.2) is 0 Å². The summed E-state index contributed by atoms with van der Waals surface area (Å²) in [4.78, 5) is 12.5. The lowest BCUT2D eigenvalue weighted by Gasteiger charge is -2.30. The quantitative estimate of drug-likeness (QED) is 0.561. The lowest BCUT2D eigenvalue weighted by Crippen LogP contribution is -2.45. The Morgan fingerprint density at radius 3 is 2.48 bits per heavy atom. The Hall–Kier alpha value is -1.39. The molecule has 1 aromatic carbocycles. The smallest absolute Gasteiger partial charge is 0.317 e. The third-order valence-corrected chi connectivity index (χ3v) is 3.47. The summed E-state index contributed by atoms with van der Waals surface area (Å²) in [5.41, 5.74) is 6.02. The van der Waals surface area contributed by atoms with Gasteiger partial charge in [0.15, 0.2) is 0 Å². The molecule has 0 aliphatic heterocycles. The second-order valence-electron chi connectivity index (χ2n) is 5.59. The first-order chi connectivity index (χ1) is 10.1.